The SMILES string of the molecule is COc1ccc(CN2C(=O)CN(C)C(=O)C2C(C)=O)cc1. The summed E-state index contributed by atoms with van der Waals surface area (Å²) in [7, 11) is 3.10. The first kappa shape index (κ1) is 15.0. The second-order valence-corrected chi connectivity index (χ2v) is 5.08. The zero-order valence-corrected chi connectivity index (χ0v) is 12.3. The average molecular weight is 290 g/mol. The molecule has 6 heteroatoms. The summed E-state index contributed by atoms with van der Waals surface area (Å²) in [6.45, 7) is 1.56. The number of benzene rings is 1. The number of carbonyl (C=O) groups is 3. The maximum absolute atomic E-state index is 12.1. The second-order valence-electron chi connectivity index (χ2n) is 5.08. The number of methoxy groups -OCH3 is 1. The molecular formula is C15H18N2O4. The largest absolute Gasteiger partial charge is 0.497 e. The highest BCUT2D eigenvalue weighted by Gasteiger charge is 2.40. The summed E-state index contributed by atoms with van der Waals surface area (Å²) in [6, 6.07) is 6.15. The van der Waals surface area contributed by atoms with Crippen LogP contribution >= 0.6 is 0 Å². The van der Waals surface area contributed by atoms with E-state index in [4.69, 9.17) is 4.74 Å². The Kier molecular flexibility index (Phi) is 4.26. The smallest absolute Gasteiger partial charge is 0.253 e. The van der Waals surface area contributed by atoms with Crippen molar-refractivity contribution in [3.8, 4) is 5.75 Å². The van der Waals surface area contributed by atoms with Crippen LogP contribution in [-0.2, 0) is 20.9 Å². The minimum atomic E-state index is -1.03. The van der Waals surface area contributed by atoms with E-state index in [2.05, 4.69) is 0 Å². The Morgan fingerprint density at radius 3 is 2.43 bits per heavy atom. The van der Waals surface area contributed by atoms with Crippen LogP contribution in [-0.4, -0.2) is 54.1 Å². The maximum atomic E-state index is 12.1. The summed E-state index contributed by atoms with van der Waals surface area (Å²) in [6.07, 6.45) is 0. The molecular weight excluding hydrogens is 272 g/mol. The van der Waals surface area contributed by atoms with Crippen molar-refractivity contribution < 1.29 is 19.1 Å². The van der Waals surface area contributed by atoms with Crippen LogP contribution in [0.3, 0.4) is 0 Å². The first-order valence-corrected chi connectivity index (χ1v) is 6.62. The summed E-state index contributed by atoms with van der Waals surface area (Å²) in [5.41, 5.74) is 0.841. The van der Waals surface area contributed by atoms with Crippen molar-refractivity contribution in [2.45, 2.75) is 19.5 Å². The molecule has 0 aliphatic carbocycles. The van der Waals surface area contributed by atoms with Crippen LogP contribution in [0, 0.1) is 0 Å². The number of piperazine rings is 1. The summed E-state index contributed by atoms with van der Waals surface area (Å²) < 4.78 is 5.08. The van der Waals surface area contributed by atoms with Crippen LogP contribution in [0.25, 0.3) is 0 Å². The number of rotatable bonds is 4. The summed E-state index contributed by atoms with van der Waals surface area (Å²) in [4.78, 5) is 38.6. The Balaban J connectivity index is 2.23. The van der Waals surface area contributed by atoms with Gasteiger partial charge in [-0.15, -0.1) is 0 Å². The van der Waals surface area contributed by atoms with Gasteiger partial charge in [0.1, 0.15) is 5.75 Å². The highest BCUT2D eigenvalue weighted by Crippen LogP contribution is 2.18. The molecule has 0 bridgehead atoms. The molecule has 2 rings (SSSR count). The number of amides is 2. The molecule has 1 aliphatic rings. The number of carbonyl (C=O) groups excluding carboxylic acids is 3. The van der Waals surface area contributed by atoms with E-state index >= 15 is 0 Å². The highest BCUT2D eigenvalue weighted by molar-refractivity contribution is 6.09. The molecule has 1 atom stereocenters. The maximum Gasteiger partial charge on any atom is 0.253 e. The van der Waals surface area contributed by atoms with Crippen molar-refractivity contribution in [1.29, 1.82) is 0 Å². The molecule has 1 heterocycles. The van der Waals surface area contributed by atoms with Gasteiger partial charge in [-0.2, -0.15) is 0 Å². The highest BCUT2D eigenvalue weighted by atomic mass is 16.5. The minimum Gasteiger partial charge on any atom is -0.497 e. The standard InChI is InChI=1S/C15H18N2O4/c1-10(18)14-15(20)16(2)9-13(19)17(14)8-11-4-6-12(21-3)7-5-11/h4-7,14H,8-9H2,1-3H3. The molecule has 112 valence electrons. The number of Topliss-reactive ketones (excluding diaryl/α,β-unsaturated/α-hetero) is 1. The number of hydrogen-bond acceptors (Lipinski definition) is 4. The normalized spacial score (nSPS) is 18.9. The van der Waals surface area contributed by atoms with Gasteiger partial charge in [0.25, 0.3) is 5.91 Å². The average Bonchev–Trinajstić information content (AvgIpc) is 2.45. The van der Waals surface area contributed by atoms with Crippen LogP contribution < -0.4 is 4.74 Å². The van der Waals surface area contributed by atoms with Crippen molar-refractivity contribution in [2.75, 3.05) is 20.7 Å². The van der Waals surface area contributed by atoms with E-state index in [9.17, 15) is 14.4 Å². The molecule has 1 fully saturated rings. The summed E-state index contributed by atoms with van der Waals surface area (Å²) in [5.74, 6) is -0.181. The first-order chi connectivity index (χ1) is 9.93. The molecule has 0 aromatic heterocycles. The van der Waals surface area contributed by atoms with E-state index in [1.54, 1.807) is 19.2 Å². The van der Waals surface area contributed by atoms with Gasteiger partial charge in [0.2, 0.25) is 5.91 Å². The van der Waals surface area contributed by atoms with Crippen molar-refractivity contribution >= 4 is 17.6 Å². The summed E-state index contributed by atoms with van der Waals surface area (Å²) >= 11 is 0. The molecule has 6 nitrogen and oxygen atoms in total. The third kappa shape index (κ3) is 3.04. The lowest BCUT2D eigenvalue weighted by molar-refractivity contribution is -0.158. The van der Waals surface area contributed by atoms with Crippen molar-refractivity contribution in [2.24, 2.45) is 0 Å². The molecule has 1 aromatic rings. The van der Waals surface area contributed by atoms with E-state index in [1.807, 2.05) is 12.1 Å². The van der Waals surface area contributed by atoms with Gasteiger partial charge in [-0.1, -0.05) is 12.1 Å². The zero-order valence-electron chi connectivity index (χ0n) is 12.3. The molecule has 2 amide bonds. The summed E-state index contributed by atoms with van der Waals surface area (Å²) in [5, 5.41) is 0. The molecule has 0 N–H and O–H groups in total. The molecule has 1 unspecified atom stereocenters. The Hall–Kier alpha value is -2.37. The van der Waals surface area contributed by atoms with Gasteiger partial charge in [0.15, 0.2) is 11.8 Å². The lowest BCUT2D eigenvalue weighted by Gasteiger charge is -2.37. The lowest BCUT2D eigenvalue weighted by atomic mass is 10.1. The zero-order chi connectivity index (χ0) is 15.6. The monoisotopic (exact) mass is 290 g/mol. The first-order valence-electron chi connectivity index (χ1n) is 6.62. The van der Waals surface area contributed by atoms with E-state index in [1.165, 1.54) is 23.8 Å². The van der Waals surface area contributed by atoms with Crippen LogP contribution in [0.5, 0.6) is 5.75 Å². The number of ether oxygens (including phenoxy) is 1. The molecule has 1 aliphatic heterocycles. The fourth-order valence-electron chi connectivity index (χ4n) is 2.36. The molecule has 21 heavy (non-hydrogen) atoms. The van der Waals surface area contributed by atoms with Crippen LogP contribution in [0.2, 0.25) is 0 Å². The van der Waals surface area contributed by atoms with Crippen LogP contribution in [0.1, 0.15) is 12.5 Å². The number of hydrogen-bond donors (Lipinski definition) is 0. The van der Waals surface area contributed by atoms with Crippen LogP contribution in [0.15, 0.2) is 24.3 Å². The Morgan fingerprint density at radius 1 is 1.29 bits per heavy atom. The fourth-order valence-corrected chi connectivity index (χ4v) is 2.36. The Labute approximate surface area is 123 Å². The predicted molar refractivity (Wildman–Crippen MR) is 75.7 cm³/mol. The number of likely N-dealkylation sites (N-methyl/N-ethyl adjacent to an activating group) is 1. The molecule has 1 aromatic carbocycles. The van der Waals surface area contributed by atoms with Gasteiger partial charge >= 0.3 is 0 Å². The molecule has 0 radical (unpaired) electrons. The van der Waals surface area contributed by atoms with Crippen LogP contribution in [0.4, 0.5) is 0 Å². The molecule has 0 spiro atoms. The number of nitrogens with zero attached hydrogens (tertiary/aromatic N) is 2. The van der Waals surface area contributed by atoms with E-state index in [0.717, 1.165) is 5.56 Å². The Bertz CT molecular complexity index is 568. The minimum absolute atomic E-state index is 0.00122. The van der Waals surface area contributed by atoms with E-state index in [0.29, 0.717) is 5.75 Å². The van der Waals surface area contributed by atoms with Crippen molar-refractivity contribution in [3.05, 3.63) is 29.8 Å². The fraction of sp³-hybridized carbons (Fsp3) is 0.400. The van der Waals surface area contributed by atoms with Gasteiger partial charge in [-0.05, 0) is 24.6 Å². The third-order valence-electron chi connectivity index (χ3n) is 3.51. The van der Waals surface area contributed by atoms with Gasteiger partial charge in [0, 0.05) is 13.6 Å². The van der Waals surface area contributed by atoms with Gasteiger partial charge in [-0.3, -0.25) is 14.4 Å². The molecule has 0 saturated carbocycles. The molecule has 1 saturated heterocycles. The van der Waals surface area contributed by atoms with Crippen molar-refractivity contribution in [1.82, 2.24) is 9.80 Å². The number of ketones is 1. The van der Waals surface area contributed by atoms with Gasteiger partial charge < -0.3 is 14.5 Å². The third-order valence-corrected chi connectivity index (χ3v) is 3.51. The topological polar surface area (TPSA) is 66.9 Å². The lowest BCUT2D eigenvalue weighted by Crippen LogP contribution is -2.60. The van der Waals surface area contributed by atoms with Gasteiger partial charge in [0.05, 0.1) is 13.7 Å². The predicted octanol–water partition coefficient (Wildman–Crippen LogP) is 0.453. The Morgan fingerprint density at radius 2 is 1.90 bits per heavy atom. The second kappa shape index (κ2) is 5.95. The van der Waals surface area contributed by atoms with Crippen molar-refractivity contribution in [3.63, 3.8) is 0 Å². The van der Waals surface area contributed by atoms with Gasteiger partial charge in [-0.25, -0.2) is 0 Å². The van der Waals surface area contributed by atoms with E-state index in [-0.39, 0.29) is 30.7 Å². The quantitative estimate of drug-likeness (QED) is 0.755. The van der Waals surface area contributed by atoms with E-state index < -0.39 is 6.04 Å².